The number of hydrogen-bond acceptors (Lipinski definition) is 8. The van der Waals surface area contributed by atoms with Crippen LogP contribution in [0.5, 0.6) is 0 Å². The molecule has 4 rings (SSSR count). The number of hydrogen-bond donors (Lipinski definition) is 4. The fraction of sp³-hybridized carbons (Fsp3) is 0.706. The molecule has 0 radical (unpaired) electrons. The molecule has 3 heterocycles. The molecule has 2 fully saturated rings. The summed E-state index contributed by atoms with van der Waals surface area (Å²) < 4.78 is 23.6. The van der Waals surface area contributed by atoms with Gasteiger partial charge in [-0.25, -0.2) is 4.98 Å². The number of anilines is 1. The topological polar surface area (TPSA) is 152 Å². The van der Waals surface area contributed by atoms with Gasteiger partial charge in [-0.15, -0.1) is 0 Å². The summed E-state index contributed by atoms with van der Waals surface area (Å²) in [5.41, 5.74) is 1.05. The molecule has 1 aliphatic carbocycles. The van der Waals surface area contributed by atoms with Crippen molar-refractivity contribution in [3.8, 4) is 0 Å². The number of nitrogens with one attached hydrogen (secondary N) is 1. The molecule has 11 nitrogen and oxygen atoms in total. The van der Waals surface area contributed by atoms with Crippen molar-refractivity contribution in [1.82, 2.24) is 19.5 Å². The van der Waals surface area contributed by atoms with Gasteiger partial charge in [0.15, 0.2) is 17.0 Å². The maximum atomic E-state index is 11.0. The van der Waals surface area contributed by atoms with Gasteiger partial charge in [0.25, 0.3) is 0 Å². The van der Waals surface area contributed by atoms with E-state index in [0.717, 1.165) is 12.8 Å². The highest BCUT2D eigenvalue weighted by atomic mass is 35.5. The molecule has 0 aromatic carbocycles. The average Bonchev–Trinajstić information content (AvgIpc) is 3.37. The number of ether oxygens (including phenoxy) is 2. The van der Waals surface area contributed by atoms with E-state index in [-0.39, 0.29) is 17.8 Å². The lowest BCUT2D eigenvalue weighted by Gasteiger charge is -2.18. The summed E-state index contributed by atoms with van der Waals surface area (Å²) in [6, 6.07) is 0.323. The van der Waals surface area contributed by atoms with Crippen molar-refractivity contribution in [1.29, 1.82) is 0 Å². The summed E-state index contributed by atoms with van der Waals surface area (Å²) in [6.07, 6.45) is 3.08. The zero-order valence-electron chi connectivity index (χ0n) is 16.4. The normalized spacial score (nSPS) is 27.9. The van der Waals surface area contributed by atoms with Crippen molar-refractivity contribution >= 4 is 36.2 Å². The number of fused-ring (bicyclic) bond motifs is 1. The smallest absolute Gasteiger partial charge is 0.350 e. The highest BCUT2D eigenvalue weighted by molar-refractivity contribution is 7.51. The standard InChI is InChI=1S/C17H25ClN5O6P/c1-9-13(24)11(6-28-8-30(25,26)27)29-16(9)23-7-19-12-14(20-10-4-2-3-5-10)21-17(18)22-15(12)23/h7,9-11,13,16,24H,2-6,8H2,1H3,(H,20,21,22)(H2,25,26,27)/t9-,11+,13-,16+/m0/s1. The number of nitrogens with zero attached hydrogens (tertiary/aromatic N) is 4. The molecule has 13 heteroatoms. The van der Waals surface area contributed by atoms with Crippen LogP contribution in [0.4, 0.5) is 5.82 Å². The molecule has 2 aromatic heterocycles. The van der Waals surface area contributed by atoms with E-state index in [1.807, 2.05) is 6.92 Å². The molecule has 30 heavy (non-hydrogen) atoms. The van der Waals surface area contributed by atoms with Crippen LogP contribution in [0.25, 0.3) is 11.2 Å². The Morgan fingerprint density at radius 3 is 2.80 bits per heavy atom. The van der Waals surface area contributed by atoms with E-state index in [2.05, 4.69) is 20.3 Å². The molecule has 4 N–H and O–H groups in total. The van der Waals surface area contributed by atoms with E-state index in [4.69, 9.17) is 30.9 Å². The summed E-state index contributed by atoms with van der Waals surface area (Å²) in [7, 11) is -4.29. The lowest BCUT2D eigenvalue weighted by atomic mass is 10.0. The zero-order valence-corrected chi connectivity index (χ0v) is 18.0. The van der Waals surface area contributed by atoms with Crippen LogP contribution in [0.3, 0.4) is 0 Å². The molecule has 166 valence electrons. The van der Waals surface area contributed by atoms with Crippen LogP contribution < -0.4 is 5.32 Å². The number of aliphatic hydroxyl groups excluding tert-OH is 1. The molecule has 1 saturated heterocycles. The SMILES string of the molecule is C[C@H]1[C@H](O)[C@@H](COCP(=O)(O)O)O[C@H]1n1cnc2c(NC3CCCC3)nc(Cl)nc21. The molecule has 2 aliphatic rings. The molecule has 0 spiro atoms. The van der Waals surface area contributed by atoms with E-state index in [0.29, 0.717) is 23.0 Å². The molecular formula is C17H25ClN5O6P. The minimum atomic E-state index is -4.29. The summed E-state index contributed by atoms with van der Waals surface area (Å²) >= 11 is 6.16. The summed E-state index contributed by atoms with van der Waals surface area (Å²) in [6.45, 7) is 1.66. The van der Waals surface area contributed by atoms with Crippen LogP contribution in [-0.2, 0) is 14.0 Å². The van der Waals surface area contributed by atoms with Crippen molar-refractivity contribution in [3.05, 3.63) is 11.6 Å². The van der Waals surface area contributed by atoms with Crippen LogP contribution in [0, 0.1) is 5.92 Å². The second-order valence-electron chi connectivity index (χ2n) is 7.87. The number of aromatic nitrogens is 4. The number of rotatable bonds is 7. The van der Waals surface area contributed by atoms with Crippen LogP contribution in [0.2, 0.25) is 5.28 Å². The molecule has 1 aliphatic heterocycles. The van der Waals surface area contributed by atoms with Gasteiger partial charge in [0, 0.05) is 12.0 Å². The zero-order chi connectivity index (χ0) is 21.5. The van der Waals surface area contributed by atoms with Gasteiger partial charge in [-0.2, -0.15) is 9.97 Å². The summed E-state index contributed by atoms with van der Waals surface area (Å²) in [5, 5.41) is 14.0. The van der Waals surface area contributed by atoms with Crippen molar-refractivity contribution in [3.63, 3.8) is 0 Å². The predicted octanol–water partition coefficient (Wildman–Crippen LogP) is 1.88. The third kappa shape index (κ3) is 4.62. The lowest BCUT2D eigenvalue weighted by molar-refractivity contribution is -0.0574. The lowest BCUT2D eigenvalue weighted by Crippen LogP contribution is -2.29. The van der Waals surface area contributed by atoms with Crippen LogP contribution >= 0.6 is 19.2 Å². The third-order valence-electron chi connectivity index (χ3n) is 5.59. The number of aliphatic hydroxyl groups is 1. The minimum absolute atomic E-state index is 0.0810. The van der Waals surface area contributed by atoms with Gasteiger partial charge in [0.2, 0.25) is 5.28 Å². The fourth-order valence-electron chi connectivity index (χ4n) is 4.08. The highest BCUT2D eigenvalue weighted by Gasteiger charge is 2.43. The Hall–Kier alpha value is -1.33. The van der Waals surface area contributed by atoms with E-state index in [1.165, 1.54) is 12.8 Å². The van der Waals surface area contributed by atoms with Crippen molar-refractivity contribution < 1.29 is 28.9 Å². The number of imidazole rings is 1. The first-order valence-corrected chi connectivity index (χ1v) is 12.0. The first-order valence-electron chi connectivity index (χ1n) is 9.85. The van der Waals surface area contributed by atoms with Crippen molar-refractivity contribution in [2.45, 2.75) is 57.1 Å². The maximum Gasteiger partial charge on any atom is 0.350 e. The second-order valence-corrected chi connectivity index (χ2v) is 9.80. The van der Waals surface area contributed by atoms with Crippen molar-refractivity contribution in [2.75, 3.05) is 18.3 Å². The number of halogens is 1. The van der Waals surface area contributed by atoms with Crippen LogP contribution in [0.1, 0.15) is 38.8 Å². The minimum Gasteiger partial charge on any atom is -0.390 e. The van der Waals surface area contributed by atoms with E-state index in [1.54, 1.807) is 10.9 Å². The Kier molecular flexibility index (Phi) is 6.32. The Morgan fingerprint density at radius 2 is 2.10 bits per heavy atom. The van der Waals surface area contributed by atoms with Gasteiger partial charge < -0.3 is 29.7 Å². The van der Waals surface area contributed by atoms with Crippen LogP contribution in [-0.4, -0.2) is 65.6 Å². The van der Waals surface area contributed by atoms with Gasteiger partial charge >= 0.3 is 7.60 Å². The van der Waals surface area contributed by atoms with Gasteiger partial charge in [-0.05, 0) is 24.4 Å². The van der Waals surface area contributed by atoms with Gasteiger partial charge in [0.05, 0.1) is 19.0 Å². The Balaban J connectivity index is 1.55. The molecular weight excluding hydrogens is 437 g/mol. The summed E-state index contributed by atoms with van der Waals surface area (Å²) in [4.78, 5) is 30.9. The van der Waals surface area contributed by atoms with Gasteiger partial charge in [-0.1, -0.05) is 19.8 Å². The van der Waals surface area contributed by atoms with Gasteiger partial charge in [0.1, 0.15) is 18.7 Å². The van der Waals surface area contributed by atoms with E-state index in [9.17, 15) is 9.67 Å². The van der Waals surface area contributed by atoms with Gasteiger partial charge in [-0.3, -0.25) is 9.13 Å². The Morgan fingerprint density at radius 1 is 1.37 bits per heavy atom. The Labute approximate surface area is 177 Å². The van der Waals surface area contributed by atoms with Crippen molar-refractivity contribution in [2.24, 2.45) is 5.92 Å². The molecule has 0 amide bonds. The first-order chi connectivity index (χ1) is 14.2. The second kappa shape index (κ2) is 8.66. The molecule has 0 unspecified atom stereocenters. The first kappa shape index (κ1) is 21.9. The molecule has 0 bridgehead atoms. The summed E-state index contributed by atoms with van der Waals surface area (Å²) in [5.74, 6) is 0.231. The molecule has 1 saturated carbocycles. The largest absolute Gasteiger partial charge is 0.390 e. The van der Waals surface area contributed by atoms with E-state index >= 15 is 0 Å². The highest BCUT2D eigenvalue weighted by Crippen LogP contribution is 2.38. The molecule has 2 aromatic rings. The molecule has 4 atom stereocenters. The Bertz CT molecular complexity index is 948. The maximum absolute atomic E-state index is 11.0. The fourth-order valence-corrected chi connectivity index (χ4v) is 4.58. The third-order valence-corrected chi connectivity index (χ3v) is 6.28. The monoisotopic (exact) mass is 461 g/mol. The van der Waals surface area contributed by atoms with E-state index < -0.39 is 32.4 Å². The van der Waals surface area contributed by atoms with Crippen LogP contribution in [0.15, 0.2) is 6.33 Å². The predicted molar refractivity (Wildman–Crippen MR) is 108 cm³/mol. The average molecular weight is 462 g/mol. The quantitative estimate of drug-likeness (QED) is 0.355.